The molecule has 1 aromatic heterocycles. The molecule has 6 heteroatoms. The largest absolute Gasteiger partial charge is 0.494 e. The van der Waals surface area contributed by atoms with Crippen molar-refractivity contribution >= 4 is 23.1 Å². The number of benzene rings is 2. The van der Waals surface area contributed by atoms with Gasteiger partial charge >= 0.3 is 0 Å². The summed E-state index contributed by atoms with van der Waals surface area (Å²) in [6, 6.07) is 18.6. The Balaban J connectivity index is 1.70. The minimum absolute atomic E-state index is 0.158. The zero-order valence-corrected chi connectivity index (χ0v) is 18.2. The number of imide groups is 1. The molecule has 0 radical (unpaired) electrons. The van der Waals surface area contributed by atoms with E-state index in [1.165, 1.54) is 4.90 Å². The van der Waals surface area contributed by atoms with E-state index in [9.17, 15) is 9.59 Å². The van der Waals surface area contributed by atoms with Gasteiger partial charge in [0.1, 0.15) is 11.4 Å². The van der Waals surface area contributed by atoms with Crippen LogP contribution in [0.25, 0.3) is 5.57 Å². The van der Waals surface area contributed by atoms with Crippen molar-refractivity contribution < 1.29 is 14.3 Å². The number of hydrogen-bond donors (Lipinski definition) is 1. The third kappa shape index (κ3) is 4.54. The van der Waals surface area contributed by atoms with Crippen LogP contribution in [-0.4, -0.2) is 28.3 Å². The third-order valence-corrected chi connectivity index (χ3v) is 5.15. The fourth-order valence-electron chi connectivity index (χ4n) is 3.53. The maximum atomic E-state index is 13.4. The first-order valence-corrected chi connectivity index (χ1v) is 10.6. The lowest BCUT2D eigenvalue weighted by atomic mass is 10.0. The first kappa shape index (κ1) is 21.3. The molecule has 2 amide bonds. The molecule has 4 rings (SSSR count). The van der Waals surface area contributed by atoms with Crippen LogP contribution in [0.2, 0.25) is 0 Å². The zero-order valence-electron chi connectivity index (χ0n) is 18.2. The molecule has 1 aliphatic heterocycles. The number of ether oxygens (including phenoxy) is 1. The molecule has 162 valence electrons. The predicted octanol–water partition coefficient (Wildman–Crippen LogP) is 4.57. The van der Waals surface area contributed by atoms with Gasteiger partial charge in [-0.1, -0.05) is 48.9 Å². The Hall–Kier alpha value is -3.93. The number of nitrogens with one attached hydrogen (secondary N) is 1. The molecule has 0 bridgehead atoms. The standard InChI is InChI=1S/C26H25N3O3/c1-3-14-32-22-8-4-7-21(15-22)28-24-23(20-11-9-18(2)10-12-20)25(30)29(26(24)31)17-19-6-5-13-27-16-19/h4-13,15-16,28H,3,14,17H2,1-2H3. The topological polar surface area (TPSA) is 71.5 Å². The van der Waals surface area contributed by atoms with Crippen molar-refractivity contribution in [2.75, 3.05) is 11.9 Å². The Kier molecular flexibility index (Phi) is 6.31. The molecule has 0 atom stereocenters. The second-order valence-electron chi connectivity index (χ2n) is 7.68. The first-order valence-electron chi connectivity index (χ1n) is 10.6. The fourth-order valence-corrected chi connectivity index (χ4v) is 3.53. The van der Waals surface area contributed by atoms with Gasteiger partial charge in [-0.05, 0) is 42.7 Å². The van der Waals surface area contributed by atoms with Gasteiger partial charge in [-0.25, -0.2) is 0 Å². The van der Waals surface area contributed by atoms with Crippen molar-refractivity contribution in [3.63, 3.8) is 0 Å². The van der Waals surface area contributed by atoms with E-state index in [2.05, 4.69) is 10.3 Å². The molecule has 0 saturated carbocycles. The Labute approximate surface area is 187 Å². The van der Waals surface area contributed by atoms with E-state index < -0.39 is 0 Å². The van der Waals surface area contributed by atoms with Gasteiger partial charge in [0.25, 0.3) is 11.8 Å². The average molecular weight is 428 g/mol. The molecule has 0 fully saturated rings. The summed E-state index contributed by atoms with van der Waals surface area (Å²) in [6.45, 7) is 4.79. The molecule has 1 aliphatic rings. The summed E-state index contributed by atoms with van der Waals surface area (Å²) >= 11 is 0. The molecule has 0 spiro atoms. The van der Waals surface area contributed by atoms with Crippen LogP contribution in [0.15, 0.2) is 78.8 Å². The van der Waals surface area contributed by atoms with Gasteiger partial charge in [0.15, 0.2) is 0 Å². The van der Waals surface area contributed by atoms with Gasteiger partial charge in [-0.2, -0.15) is 0 Å². The Morgan fingerprint density at radius 3 is 2.53 bits per heavy atom. The first-order chi connectivity index (χ1) is 15.6. The molecule has 2 aromatic carbocycles. The number of carbonyl (C=O) groups excluding carboxylic acids is 2. The van der Waals surface area contributed by atoms with E-state index >= 15 is 0 Å². The summed E-state index contributed by atoms with van der Waals surface area (Å²) in [6.07, 6.45) is 4.22. The zero-order chi connectivity index (χ0) is 22.5. The second kappa shape index (κ2) is 9.47. The van der Waals surface area contributed by atoms with E-state index in [1.807, 2.05) is 68.4 Å². The number of rotatable bonds is 8. The Bertz CT molecular complexity index is 1150. The van der Waals surface area contributed by atoms with Gasteiger partial charge in [-0.3, -0.25) is 19.5 Å². The molecule has 3 aromatic rings. The molecule has 0 aliphatic carbocycles. The Morgan fingerprint density at radius 2 is 1.81 bits per heavy atom. The highest BCUT2D eigenvalue weighted by Crippen LogP contribution is 2.32. The van der Waals surface area contributed by atoms with Crippen LogP contribution in [0, 0.1) is 6.92 Å². The van der Waals surface area contributed by atoms with Crippen molar-refractivity contribution in [2.45, 2.75) is 26.8 Å². The number of hydrogen-bond acceptors (Lipinski definition) is 5. The highest BCUT2D eigenvalue weighted by Gasteiger charge is 2.39. The molecule has 2 heterocycles. The number of nitrogens with zero attached hydrogens (tertiary/aromatic N) is 2. The van der Waals surface area contributed by atoms with E-state index in [-0.39, 0.29) is 24.1 Å². The maximum absolute atomic E-state index is 13.4. The van der Waals surface area contributed by atoms with Crippen molar-refractivity contribution in [2.24, 2.45) is 0 Å². The minimum Gasteiger partial charge on any atom is -0.494 e. The smallest absolute Gasteiger partial charge is 0.278 e. The minimum atomic E-state index is -0.366. The normalized spacial score (nSPS) is 13.6. The molecular formula is C26H25N3O3. The summed E-state index contributed by atoms with van der Waals surface area (Å²) < 4.78 is 5.71. The number of carbonyl (C=O) groups is 2. The number of aromatic nitrogens is 1. The lowest BCUT2D eigenvalue weighted by Gasteiger charge is -2.15. The summed E-state index contributed by atoms with van der Waals surface area (Å²) in [5.41, 5.74) is 3.86. The van der Waals surface area contributed by atoms with Gasteiger partial charge in [-0.15, -0.1) is 0 Å². The van der Waals surface area contributed by atoms with Gasteiger partial charge in [0, 0.05) is 24.1 Å². The molecule has 0 saturated heterocycles. The van der Waals surface area contributed by atoms with Gasteiger partial charge in [0.2, 0.25) is 0 Å². The summed E-state index contributed by atoms with van der Waals surface area (Å²) in [5, 5.41) is 3.19. The van der Waals surface area contributed by atoms with Crippen molar-refractivity contribution in [1.29, 1.82) is 0 Å². The van der Waals surface area contributed by atoms with Gasteiger partial charge in [0.05, 0.1) is 18.7 Å². The van der Waals surface area contributed by atoms with Crippen LogP contribution < -0.4 is 10.1 Å². The van der Waals surface area contributed by atoms with Crippen molar-refractivity contribution in [3.8, 4) is 5.75 Å². The lowest BCUT2D eigenvalue weighted by Crippen LogP contribution is -2.32. The lowest BCUT2D eigenvalue weighted by molar-refractivity contribution is -0.137. The molecule has 6 nitrogen and oxygen atoms in total. The van der Waals surface area contributed by atoms with Crippen LogP contribution in [0.5, 0.6) is 5.75 Å². The van der Waals surface area contributed by atoms with Gasteiger partial charge < -0.3 is 10.1 Å². The summed E-state index contributed by atoms with van der Waals surface area (Å²) in [4.78, 5) is 32.1. The van der Waals surface area contributed by atoms with E-state index in [0.717, 1.165) is 17.5 Å². The van der Waals surface area contributed by atoms with Crippen LogP contribution in [0.4, 0.5) is 5.69 Å². The van der Waals surface area contributed by atoms with Crippen LogP contribution in [-0.2, 0) is 16.1 Å². The SMILES string of the molecule is CCCOc1cccc(NC2=C(c3ccc(C)cc3)C(=O)N(Cc3cccnc3)C2=O)c1. The summed E-state index contributed by atoms with van der Waals surface area (Å²) in [7, 11) is 0. The average Bonchev–Trinajstić information content (AvgIpc) is 3.03. The summed E-state index contributed by atoms with van der Waals surface area (Å²) in [5.74, 6) is 0.0104. The van der Waals surface area contributed by atoms with E-state index in [0.29, 0.717) is 29.2 Å². The molecule has 32 heavy (non-hydrogen) atoms. The van der Waals surface area contributed by atoms with E-state index in [4.69, 9.17) is 4.74 Å². The fraction of sp³-hybridized carbons (Fsp3) is 0.192. The quantitative estimate of drug-likeness (QED) is 0.533. The van der Waals surface area contributed by atoms with Crippen LogP contribution >= 0.6 is 0 Å². The predicted molar refractivity (Wildman–Crippen MR) is 124 cm³/mol. The number of pyridine rings is 1. The third-order valence-electron chi connectivity index (χ3n) is 5.15. The number of aryl methyl sites for hydroxylation is 1. The maximum Gasteiger partial charge on any atom is 0.278 e. The second-order valence-corrected chi connectivity index (χ2v) is 7.68. The molecule has 1 N–H and O–H groups in total. The number of amides is 2. The molecular weight excluding hydrogens is 402 g/mol. The van der Waals surface area contributed by atoms with Crippen molar-refractivity contribution in [1.82, 2.24) is 9.88 Å². The van der Waals surface area contributed by atoms with Crippen LogP contribution in [0.1, 0.15) is 30.0 Å². The van der Waals surface area contributed by atoms with Crippen molar-refractivity contribution in [3.05, 3.63) is 95.4 Å². The highest BCUT2D eigenvalue weighted by atomic mass is 16.5. The van der Waals surface area contributed by atoms with E-state index in [1.54, 1.807) is 18.5 Å². The van der Waals surface area contributed by atoms with Crippen LogP contribution in [0.3, 0.4) is 0 Å². The Morgan fingerprint density at radius 1 is 1.00 bits per heavy atom. The molecule has 0 unspecified atom stereocenters. The monoisotopic (exact) mass is 427 g/mol. The number of anilines is 1. The highest BCUT2D eigenvalue weighted by molar-refractivity contribution is 6.36.